The number of nitrogens with zero attached hydrogens (tertiary/aromatic N) is 3. The Hall–Kier alpha value is -2.18. The van der Waals surface area contributed by atoms with Crippen LogP contribution in [0, 0.1) is 11.3 Å². The molecule has 9 heteroatoms. The molecule has 0 aromatic heterocycles. The van der Waals surface area contributed by atoms with Crippen molar-refractivity contribution in [2.45, 2.75) is 44.4 Å². The minimum absolute atomic E-state index is 0.0286. The number of hydrogen-bond acceptors (Lipinski definition) is 4. The molecule has 5 nitrogen and oxygen atoms in total. The Morgan fingerprint density at radius 1 is 1.30 bits per heavy atom. The van der Waals surface area contributed by atoms with Gasteiger partial charge in [0.2, 0.25) is 0 Å². The van der Waals surface area contributed by atoms with Crippen LogP contribution >= 0.6 is 12.2 Å². The van der Waals surface area contributed by atoms with E-state index >= 15 is 0 Å². The lowest BCUT2D eigenvalue weighted by Gasteiger charge is -2.39. The molecule has 0 spiro atoms. The number of carbonyl (C=O) groups is 1. The molecule has 2 saturated heterocycles. The number of nitriles is 1. The van der Waals surface area contributed by atoms with Gasteiger partial charge in [0.15, 0.2) is 5.11 Å². The predicted octanol–water partition coefficient (Wildman–Crippen LogP) is 3.04. The molecule has 0 unspecified atom stereocenters. The van der Waals surface area contributed by atoms with Gasteiger partial charge in [0, 0.05) is 6.04 Å². The van der Waals surface area contributed by atoms with Crippen molar-refractivity contribution in [1.82, 2.24) is 10.2 Å². The summed E-state index contributed by atoms with van der Waals surface area (Å²) in [6.07, 6.45) is -3.10. The number of piperidine rings is 1. The number of hydrogen-bond donors (Lipinski definition) is 1. The molecular formula is C18H19F3N4OS. The topological polar surface area (TPSA) is 59.4 Å². The largest absolute Gasteiger partial charge is 0.417 e. The molecule has 0 bridgehead atoms. The Morgan fingerprint density at radius 3 is 2.48 bits per heavy atom. The number of halogens is 3. The first kappa shape index (κ1) is 19.6. The zero-order chi connectivity index (χ0) is 20.0. The molecule has 2 heterocycles. The summed E-state index contributed by atoms with van der Waals surface area (Å²) in [7, 11) is 0. The highest BCUT2D eigenvalue weighted by Gasteiger charge is 2.52. The zero-order valence-electron chi connectivity index (χ0n) is 14.9. The van der Waals surface area contributed by atoms with E-state index in [1.807, 2.05) is 4.90 Å². The van der Waals surface area contributed by atoms with Gasteiger partial charge in [0.25, 0.3) is 5.91 Å². The standard InChI is InChI=1S/C18H19F3N4OS/c1-17(2)15(26)24(16(27)25(17)12-5-7-23-8-6-12)13-4-3-11(10-22)14(9-13)18(19,20)21/h3-4,9,12,23H,5-8H2,1-2H3. The van der Waals surface area contributed by atoms with Crippen LogP contribution in [0.4, 0.5) is 18.9 Å². The van der Waals surface area contributed by atoms with Crippen molar-refractivity contribution in [1.29, 1.82) is 5.26 Å². The van der Waals surface area contributed by atoms with Crippen LogP contribution in [0.25, 0.3) is 0 Å². The highest BCUT2D eigenvalue weighted by atomic mass is 32.1. The summed E-state index contributed by atoms with van der Waals surface area (Å²) < 4.78 is 39.9. The van der Waals surface area contributed by atoms with Crippen LogP contribution in [0.3, 0.4) is 0 Å². The second kappa shape index (κ2) is 6.77. The lowest BCUT2D eigenvalue weighted by atomic mass is 9.97. The second-order valence-corrected chi connectivity index (χ2v) is 7.54. The highest BCUT2D eigenvalue weighted by molar-refractivity contribution is 7.80. The molecule has 0 saturated carbocycles. The summed E-state index contributed by atoms with van der Waals surface area (Å²) in [5, 5.41) is 12.4. The maximum absolute atomic E-state index is 13.3. The Balaban J connectivity index is 2.03. The van der Waals surface area contributed by atoms with Crippen molar-refractivity contribution in [3.05, 3.63) is 29.3 Å². The third-order valence-corrected chi connectivity index (χ3v) is 5.47. The molecule has 3 rings (SSSR count). The number of rotatable bonds is 2. The van der Waals surface area contributed by atoms with E-state index in [0.29, 0.717) is 0 Å². The van der Waals surface area contributed by atoms with Gasteiger partial charge in [-0.05, 0) is 70.2 Å². The molecule has 0 aliphatic carbocycles. The third-order valence-electron chi connectivity index (χ3n) is 5.09. The molecule has 2 fully saturated rings. The van der Waals surface area contributed by atoms with Crippen molar-refractivity contribution in [3.8, 4) is 6.07 Å². The third kappa shape index (κ3) is 3.28. The van der Waals surface area contributed by atoms with Crippen LogP contribution < -0.4 is 10.2 Å². The van der Waals surface area contributed by atoms with Gasteiger partial charge in [-0.2, -0.15) is 18.4 Å². The van der Waals surface area contributed by atoms with E-state index in [2.05, 4.69) is 5.32 Å². The maximum atomic E-state index is 13.3. The van der Waals surface area contributed by atoms with E-state index in [-0.39, 0.29) is 22.7 Å². The molecule has 1 amide bonds. The fraction of sp³-hybridized carbons (Fsp3) is 0.500. The van der Waals surface area contributed by atoms with Gasteiger partial charge in [-0.3, -0.25) is 9.69 Å². The first-order chi connectivity index (χ1) is 12.6. The molecule has 1 aromatic rings. The smallest absolute Gasteiger partial charge is 0.331 e. The Morgan fingerprint density at radius 2 is 1.93 bits per heavy atom. The van der Waals surface area contributed by atoms with E-state index in [4.69, 9.17) is 17.5 Å². The molecule has 1 aromatic carbocycles. The summed E-state index contributed by atoms with van der Waals surface area (Å²) in [6, 6.07) is 4.83. The average Bonchev–Trinajstić information content (AvgIpc) is 2.79. The lowest BCUT2D eigenvalue weighted by Crippen LogP contribution is -2.53. The summed E-state index contributed by atoms with van der Waals surface area (Å²) in [6.45, 7) is 5.06. The molecule has 144 valence electrons. The van der Waals surface area contributed by atoms with Gasteiger partial charge >= 0.3 is 6.18 Å². The van der Waals surface area contributed by atoms with E-state index in [0.717, 1.165) is 43.0 Å². The maximum Gasteiger partial charge on any atom is 0.417 e. The van der Waals surface area contributed by atoms with Crippen molar-refractivity contribution in [3.63, 3.8) is 0 Å². The summed E-state index contributed by atoms with van der Waals surface area (Å²) in [5.74, 6) is -0.371. The number of anilines is 1. The minimum Gasteiger partial charge on any atom is -0.331 e. The molecular weight excluding hydrogens is 377 g/mol. The van der Waals surface area contributed by atoms with E-state index in [1.165, 1.54) is 6.07 Å². The lowest BCUT2D eigenvalue weighted by molar-refractivity contribution is -0.137. The van der Waals surface area contributed by atoms with Gasteiger partial charge in [0.1, 0.15) is 5.54 Å². The van der Waals surface area contributed by atoms with Crippen molar-refractivity contribution in [2.75, 3.05) is 18.0 Å². The van der Waals surface area contributed by atoms with Gasteiger partial charge in [-0.15, -0.1) is 0 Å². The first-order valence-corrected chi connectivity index (χ1v) is 8.99. The van der Waals surface area contributed by atoms with Gasteiger partial charge < -0.3 is 10.2 Å². The number of alkyl halides is 3. The van der Waals surface area contributed by atoms with Crippen molar-refractivity contribution >= 4 is 28.9 Å². The molecule has 27 heavy (non-hydrogen) atoms. The monoisotopic (exact) mass is 396 g/mol. The van der Waals surface area contributed by atoms with Crippen molar-refractivity contribution < 1.29 is 18.0 Å². The van der Waals surface area contributed by atoms with E-state index < -0.39 is 22.8 Å². The number of amides is 1. The molecule has 0 radical (unpaired) electrons. The van der Waals surface area contributed by atoms with Crippen LogP contribution in [0.15, 0.2) is 18.2 Å². The Kier molecular flexibility index (Phi) is 4.91. The van der Waals surface area contributed by atoms with Crippen LogP contribution in [-0.4, -0.2) is 40.6 Å². The van der Waals surface area contributed by atoms with Crippen molar-refractivity contribution in [2.24, 2.45) is 0 Å². The molecule has 1 N–H and O–H groups in total. The Bertz CT molecular complexity index is 825. The van der Waals surface area contributed by atoms with E-state index in [1.54, 1.807) is 19.9 Å². The number of nitrogens with one attached hydrogen (secondary N) is 1. The predicted molar refractivity (Wildman–Crippen MR) is 98.1 cm³/mol. The van der Waals surface area contributed by atoms with Gasteiger partial charge in [-0.1, -0.05) is 0 Å². The van der Waals surface area contributed by atoms with Gasteiger partial charge in [-0.25, -0.2) is 0 Å². The number of carbonyl (C=O) groups excluding carboxylic acids is 1. The minimum atomic E-state index is -4.70. The molecule has 2 aliphatic rings. The normalized spacial score (nSPS) is 20.9. The summed E-state index contributed by atoms with van der Waals surface area (Å²) >= 11 is 5.51. The molecule has 0 atom stereocenters. The van der Waals surface area contributed by atoms with E-state index in [9.17, 15) is 18.0 Å². The highest BCUT2D eigenvalue weighted by Crippen LogP contribution is 2.39. The van der Waals surface area contributed by atoms with Crippen LogP contribution in [0.2, 0.25) is 0 Å². The summed E-state index contributed by atoms with van der Waals surface area (Å²) in [5.41, 5.74) is -2.49. The fourth-order valence-electron chi connectivity index (χ4n) is 3.72. The van der Waals surface area contributed by atoms with Gasteiger partial charge in [0.05, 0.1) is 22.9 Å². The number of thiocarbonyl (C=S) groups is 1. The zero-order valence-corrected chi connectivity index (χ0v) is 15.7. The summed E-state index contributed by atoms with van der Waals surface area (Å²) in [4.78, 5) is 16.0. The average molecular weight is 396 g/mol. The molecule has 2 aliphatic heterocycles. The van der Waals surface area contributed by atoms with Crippen LogP contribution in [-0.2, 0) is 11.0 Å². The van der Waals surface area contributed by atoms with Crippen LogP contribution in [0.1, 0.15) is 37.8 Å². The number of benzene rings is 1. The Labute approximate surface area is 160 Å². The van der Waals surface area contributed by atoms with Crippen LogP contribution in [0.5, 0.6) is 0 Å². The first-order valence-electron chi connectivity index (χ1n) is 8.59. The fourth-order valence-corrected chi connectivity index (χ4v) is 4.28. The second-order valence-electron chi connectivity index (χ2n) is 7.17. The SMILES string of the molecule is CC1(C)C(=O)N(c2ccc(C#N)c(C(F)(F)F)c2)C(=S)N1C1CCNCC1. The quantitative estimate of drug-likeness (QED) is 0.779.